The zero-order valence-corrected chi connectivity index (χ0v) is 11.0. The van der Waals surface area contributed by atoms with Gasteiger partial charge in [-0.05, 0) is 39.7 Å². The molecule has 0 spiro atoms. The van der Waals surface area contributed by atoms with Crippen LogP contribution in [0.1, 0.15) is 46.5 Å². The maximum atomic E-state index is 11.5. The molecule has 3 heteroatoms. The molecule has 1 aliphatic carbocycles. The Morgan fingerprint density at radius 1 is 1.38 bits per heavy atom. The second kappa shape index (κ2) is 6.24. The van der Waals surface area contributed by atoms with Crippen LogP contribution < -0.4 is 0 Å². The molecule has 0 heterocycles. The van der Waals surface area contributed by atoms with E-state index < -0.39 is 0 Å². The van der Waals surface area contributed by atoms with Crippen LogP contribution in [0.5, 0.6) is 0 Å². The summed E-state index contributed by atoms with van der Waals surface area (Å²) in [5.74, 6) is 0.598. The van der Waals surface area contributed by atoms with E-state index in [2.05, 4.69) is 11.8 Å². The SMILES string of the molecule is CC(C)OC(=O)CN(C)C1CCCCC1C. The molecule has 0 aromatic heterocycles. The van der Waals surface area contributed by atoms with E-state index in [1.807, 2.05) is 20.9 Å². The number of carbonyl (C=O) groups is 1. The van der Waals surface area contributed by atoms with E-state index in [1.165, 1.54) is 25.7 Å². The van der Waals surface area contributed by atoms with Gasteiger partial charge >= 0.3 is 5.97 Å². The van der Waals surface area contributed by atoms with Crippen molar-refractivity contribution in [1.82, 2.24) is 4.90 Å². The lowest BCUT2D eigenvalue weighted by molar-refractivity contribution is -0.149. The summed E-state index contributed by atoms with van der Waals surface area (Å²) in [5, 5.41) is 0. The van der Waals surface area contributed by atoms with Gasteiger partial charge in [-0.25, -0.2) is 0 Å². The number of nitrogens with zero attached hydrogens (tertiary/aromatic N) is 1. The predicted octanol–water partition coefficient (Wildman–Crippen LogP) is 2.45. The molecule has 0 bridgehead atoms. The Morgan fingerprint density at radius 2 is 2.00 bits per heavy atom. The lowest BCUT2D eigenvalue weighted by Crippen LogP contribution is -2.42. The molecule has 0 aromatic carbocycles. The van der Waals surface area contributed by atoms with E-state index in [0.29, 0.717) is 18.5 Å². The second-order valence-corrected chi connectivity index (χ2v) is 5.28. The summed E-state index contributed by atoms with van der Waals surface area (Å²) in [6.07, 6.45) is 5.12. The molecule has 3 nitrogen and oxygen atoms in total. The smallest absolute Gasteiger partial charge is 0.320 e. The van der Waals surface area contributed by atoms with Gasteiger partial charge in [0.1, 0.15) is 0 Å². The Balaban J connectivity index is 2.38. The second-order valence-electron chi connectivity index (χ2n) is 5.28. The van der Waals surface area contributed by atoms with Crippen molar-refractivity contribution in [1.29, 1.82) is 0 Å². The summed E-state index contributed by atoms with van der Waals surface area (Å²) in [5.41, 5.74) is 0. The van der Waals surface area contributed by atoms with Gasteiger partial charge in [-0.3, -0.25) is 9.69 Å². The largest absolute Gasteiger partial charge is 0.462 e. The van der Waals surface area contributed by atoms with Gasteiger partial charge in [0.2, 0.25) is 0 Å². The molecule has 0 saturated heterocycles. The minimum absolute atomic E-state index is 0.00956. The van der Waals surface area contributed by atoms with Crippen LogP contribution in [-0.4, -0.2) is 36.6 Å². The monoisotopic (exact) mass is 227 g/mol. The first-order valence-corrected chi connectivity index (χ1v) is 6.40. The van der Waals surface area contributed by atoms with Gasteiger partial charge in [-0.2, -0.15) is 0 Å². The van der Waals surface area contributed by atoms with Crippen LogP contribution in [0.25, 0.3) is 0 Å². The fourth-order valence-corrected chi connectivity index (χ4v) is 2.57. The minimum atomic E-state index is -0.102. The van der Waals surface area contributed by atoms with Gasteiger partial charge < -0.3 is 4.74 Å². The van der Waals surface area contributed by atoms with Crippen molar-refractivity contribution >= 4 is 5.97 Å². The van der Waals surface area contributed by atoms with Crippen molar-refractivity contribution in [2.45, 2.75) is 58.6 Å². The van der Waals surface area contributed by atoms with Gasteiger partial charge in [-0.1, -0.05) is 19.8 Å². The van der Waals surface area contributed by atoms with Crippen molar-refractivity contribution in [2.75, 3.05) is 13.6 Å². The molecule has 0 amide bonds. The highest BCUT2D eigenvalue weighted by atomic mass is 16.5. The molecule has 2 unspecified atom stereocenters. The first-order chi connectivity index (χ1) is 7.50. The molecular weight excluding hydrogens is 202 g/mol. The fourth-order valence-electron chi connectivity index (χ4n) is 2.57. The summed E-state index contributed by atoms with van der Waals surface area (Å²) in [6.45, 7) is 6.49. The number of carbonyl (C=O) groups excluding carboxylic acids is 1. The number of hydrogen-bond donors (Lipinski definition) is 0. The predicted molar refractivity (Wildman–Crippen MR) is 65.3 cm³/mol. The summed E-state index contributed by atoms with van der Waals surface area (Å²) >= 11 is 0. The van der Waals surface area contributed by atoms with Crippen LogP contribution in [0.2, 0.25) is 0 Å². The third-order valence-electron chi connectivity index (χ3n) is 3.38. The average molecular weight is 227 g/mol. The van der Waals surface area contributed by atoms with E-state index in [0.717, 1.165) is 0 Å². The van der Waals surface area contributed by atoms with Crippen molar-refractivity contribution in [2.24, 2.45) is 5.92 Å². The third kappa shape index (κ3) is 4.12. The summed E-state index contributed by atoms with van der Waals surface area (Å²) in [4.78, 5) is 13.7. The van der Waals surface area contributed by atoms with Crippen molar-refractivity contribution in [3.05, 3.63) is 0 Å². The number of hydrogen-bond acceptors (Lipinski definition) is 3. The van der Waals surface area contributed by atoms with Gasteiger partial charge in [-0.15, -0.1) is 0 Å². The highest BCUT2D eigenvalue weighted by Gasteiger charge is 2.26. The first-order valence-electron chi connectivity index (χ1n) is 6.40. The topological polar surface area (TPSA) is 29.5 Å². The number of esters is 1. The Labute approximate surface area is 99.1 Å². The van der Waals surface area contributed by atoms with E-state index in [4.69, 9.17) is 4.74 Å². The molecule has 0 aliphatic heterocycles. The summed E-state index contributed by atoms with van der Waals surface area (Å²) < 4.78 is 5.17. The molecular formula is C13H25NO2. The van der Waals surface area contributed by atoms with Crippen molar-refractivity contribution < 1.29 is 9.53 Å². The maximum Gasteiger partial charge on any atom is 0.320 e. The molecule has 16 heavy (non-hydrogen) atoms. The van der Waals surface area contributed by atoms with E-state index in [1.54, 1.807) is 0 Å². The van der Waals surface area contributed by atoms with E-state index in [-0.39, 0.29) is 12.1 Å². The number of rotatable bonds is 4. The number of ether oxygens (including phenoxy) is 1. The van der Waals surface area contributed by atoms with Crippen LogP contribution in [0.4, 0.5) is 0 Å². The average Bonchev–Trinajstić information content (AvgIpc) is 2.16. The molecule has 0 radical (unpaired) electrons. The van der Waals surface area contributed by atoms with Gasteiger partial charge in [0.25, 0.3) is 0 Å². The highest BCUT2D eigenvalue weighted by molar-refractivity contribution is 5.71. The minimum Gasteiger partial charge on any atom is -0.462 e. The fraction of sp³-hybridized carbons (Fsp3) is 0.923. The first kappa shape index (κ1) is 13.5. The summed E-state index contributed by atoms with van der Waals surface area (Å²) in [6, 6.07) is 0.550. The lowest BCUT2D eigenvalue weighted by atomic mass is 9.85. The van der Waals surface area contributed by atoms with Gasteiger partial charge in [0, 0.05) is 6.04 Å². The Hall–Kier alpha value is -0.570. The zero-order chi connectivity index (χ0) is 12.1. The molecule has 2 atom stereocenters. The van der Waals surface area contributed by atoms with Crippen LogP contribution >= 0.6 is 0 Å². The van der Waals surface area contributed by atoms with Crippen LogP contribution in [-0.2, 0) is 9.53 Å². The van der Waals surface area contributed by atoms with Gasteiger partial charge in [0.05, 0.1) is 12.6 Å². The van der Waals surface area contributed by atoms with E-state index in [9.17, 15) is 4.79 Å². The van der Waals surface area contributed by atoms with E-state index >= 15 is 0 Å². The van der Waals surface area contributed by atoms with Crippen molar-refractivity contribution in [3.8, 4) is 0 Å². The van der Waals surface area contributed by atoms with Crippen LogP contribution in [0.15, 0.2) is 0 Å². The molecule has 1 saturated carbocycles. The Kier molecular flexibility index (Phi) is 5.26. The standard InChI is InChI=1S/C13H25NO2/c1-10(2)16-13(15)9-14(4)12-8-6-5-7-11(12)3/h10-12H,5-9H2,1-4H3. The van der Waals surface area contributed by atoms with Crippen LogP contribution in [0, 0.1) is 5.92 Å². The number of likely N-dealkylation sites (N-methyl/N-ethyl adjacent to an activating group) is 1. The molecule has 1 rings (SSSR count). The molecule has 0 aromatic rings. The summed E-state index contributed by atoms with van der Waals surface area (Å²) in [7, 11) is 2.04. The maximum absolute atomic E-state index is 11.5. The zero-order valence-electron chi connectivity index (χ0n) is 11.0. The van der Waals surface area contributed by atoms with Gasteiger partial charge in [0.15, 0.2) is 0 Å². The normalized spacial score (nSPS) is 26.1. The molecule has 1 fully saturated rings. The van der Waals surface area contributed by atoms with Crippen molar-refractivity contribution in [3.63, 3.8) is 0 Å². The quantitative estimate of drug-likeness (QED) is 0.691. The third-order valence-corrected chi connectivity index (χ3v) is 3.38. The molecule has 1 aliphatic rings. The van der Waals surface area contributed by atoms with Crippen LogP contribution in [0.3, 0.4) is 0 Å². The Bertz CT molecular complexity index is 228. The highest BCUT2D eigenvalue weighted by Crippen LogP contribution is 2.27. The molecule has 0 N–H and O–H groups in total. The lowest BCUT2D eigenvalue weighted by Gasteiger charge is -2.35. The Morgan fingerprint density at radius 3 is 2.56 bits per heavy atom. The molecule has 94 valence electrons.